The number of hydrogen-bond donors (Lipinski definition) is 0. The van der Waals surface area contributed by atoms with Crippen molar-refractivity contribution in [2.45, 2.75) is 13.3 Å². The summed E-state index contributed by atoms with van der Waals surface area (Å²) in [5.74, 6) is 0.873. The average molecular weight is 275 g/mol. The van der Waals surface area contributed by atoms with Gasteiger partial charge in [0.15, 0.2) is 0 Å². The highest BCUT2D eigenvalue weighted by atomic mass is 35.5. The molecule has 0 saturated heterocycles. The number of carbonyl (C=O) groups excluding carboxylic acids is 1. The van der Waals surface area contributed by atoms with Crippen molar-refractivity contribution in [2.75, 3.05) is 6.61 Å². The molecule has 0 fully saturated rings. The van der Waals surface area contributed by atoms with E-state index in [1.54, 1.807) is 12.1 Å². The van der Waals surface area contributed by atoms with E-state index in [9.17, 15) is 4.79 Å². The van der Waals surface area contributed by atoms with Gasteiger partial charge in [0.05, 0.1) is 6.61 Å². The minimum absolute atomic E-state index is 0.435. The van der Waals surface area contributed by atoms with Gasteiger partial charge in [0.25, 0.3) is 5.24 Å². The topological polar surface area (TPSA) is 26.3 Å². The van der Waals surface area contributed by atoms with E-state index in [4.69, 9.17) is 16.3 Å². The van der Waals surface area contributed by atoms with E-state index in [0.29, 0.717) is 5.56 Å². The van der Waals surface area contributed by atoms with Crippen LogP contribution in [0.15, 0.2) is 48.5 Å². The normalized spacial score (nSPS) is 10.2. The molecule has 98 valence electrons. The lowest BCUT2D eigenvalue weighted by molar-refractivity contribution is 0.108. The van der Waals surface area contributed by atoms with Gasteiger partial charge in [0, 0.05) is 5.56 Å². The van der Waals surface area contributed by atoms with Gasteiger partial charge in [-0.05, 0) is 53.4 Å². The maximum absolute atomic E-state index is 11.0. The van der Waals surface area contributed by atoms with Crippen LogP contribution in [0.1, 0.15) is 23.7 Å². The zero-order valence-corrected chi connectivity index (χ0v) is 11.5. The summed E-state index contributed by atoms with van der Waals surface area (Å²) in [6, 6.07) is 15.1. The van der Waals surface area contributed by atoms with E-state index in [1.807, 2.05) is 36.4 Å². The maximum Gasteiger partial charge on any atom is 0.252 e. The molecule has 3 heteroatoms. The lowest BCUT2D eigenvalue weighted by Crippen LogP contribution is -1.94. The molecule has 0 aliphatic heterocycles. The zero-order chi connectivity index (χ0) is 13.7. The van der Waals surface area contributed by atoms with Gasteiger partial charge in [0.1, 0.15) is 5.75 Å². The molecule has 0 bridgehead atoms. The molecule has 0 atom stereocenters. The molecule has 2 rings (SSSR count). The fourth-order valence-corrected chi connectivity index (χ4v) is 1.88. The Morgan fingerprint density at radius 1 is 1.00 bits per heavy atom. The molecule has 0 saturated carbocycles. The average Bonchev–Trinajstić information content (AvgIpc) is 2.46. The van der Waals surface area contributed by atoms with Crippen LogP contribution in [0.5, 0.6) is 5.75 Å². The summed E-state index contributed by atoms with van der Waals surface area (Å²) in [7, 11) is 0. The molecular weight excluding hydrogens is 260 g/mol. The summed E-state index contributed by atoms with van der Waals surface area (Å²) in [6.07, 6.45) is 0.996. The lowest BCUT2D eigenvalue weighted by atomic mass is 10.0. The minimum Gasteiger partial charge on any atom is -0.494 e. The number of hydrogen-bond acceptors (Lipinski definition) is 2. The highest BCUT2D eigenvalue weighted by Crippen LogP contribution is 2.23. The Morgan fingerprint density at radius 2 is 1.53 bits per heavy atom. The van der Waals surface area contributed by atoms with Crippen molar-refractivity contribution < 1.29 is 9.53 Å². The predicted octanol–water partition coefficient (Wildman–Crippen LogP) is 4.52. The lowest BCUT2D eigenvalue weighted by Gasteiger charge is -2.06. The number of carbonyl (C=O) groups is 1. The summed E-state index contributed by atoms with van der Waals surface area (Å²) < 4.78 is 5.53. The molecule has 0 amide bonds. The van der Waals surface area contributed by atoms with E-state index >= 15 is 0 Å². The third-order valence-electron chi connectivity index (χ3n) is 2.77. The smallest absolute Gasteiger partial charge is 0.252 e. The minimum atomic E-state index is -0.435. The maximum atomic E-state index is 11.0. The van der Waals surface area contributed by atoms with Gasteiger partial charge in [-0.25, -0.2) is 0 Å². The summed E-state index contributed by atoms with van der Waals surface area (Å²) in [6.45, 7) is 2.81. The summed E-state index contributed by atoms with van der Waals surface area (Å²) >= 11 is 5.42. The van der Waals surface area contributed by atoms with E-state index in [2.05, 4.69) is 6.92 Å². The standard InChI is InChI=1S/C16H15ClO2/c1-2-11-19-15-9-7-13(8-10-15)12-3-5-14(6-4-12)16(17)18/h3-10H,2,11H2,1H3. The van der Waals surface area contributed by atoms with Crippen molar-refractivity contribution in [1.82, 2.24) is 0 Å². The molecule has 0 aliphatic carbocycles. The van der Waals surface area contributed by atoms with Crippen LogP contribution in [0.2, 0.25) is 0 Å². The Bertz CT molecular complexity index is 544. The van der Waals surface area contributed by atoms with Crippen molar-refractivity contribution >= 4 is 16.8 Å². The second-order valence-corrected chi connectivity index (χ2v) is 4.57. The SMILES string of the molecule is CCCOc1ccc(-c2ccc(C(=O)Cl)cc2)cc1. The molecule has 0 spiro atoms. The van der Waals surface area contributed by atoms with E-state index in [-0.39, 0.29) is 0 Å². The van der Waals surface area contributed by atoms with Crippen LogP contribution in [0.3, 0.4) is 0 Å². The quantitative estimate of drug-likeness (QED) is 0.749. The van der Waals surface area contributed by atoms with Crippen molar-refractivity contribution in [3.63, 3.8) is 0 Å². The fraction of sp³-hybridized carbons (Fsp3) is 0.188. The summed E-state index contributed by atoms with van der Waals surface area (Å²) in [4.78, 5) is 11.0. The highest BCUT2D eigenvalue weighted by molar-refractivity contribution is 6.67. The van der Waals surface area contributed by atoms with Crippen molar-refractivity contribution in [2.24, 2.45) is 0 Å². The molecule has 0 aliphatic rings. The second-order valence-electron chi connectivity index (χ2n) is 4.22. The van der Waals surface area contributed by atoms with Gasteiger partial charge >= 0.3 is 0 Å². The predicted molar refractivity (Wildman–Crippen MR) is 77.8 cm³/mol. The van der Waals surface area contributed by atoms with Crippen LogP contribution in [0, 0.1) is 0 Å². The summed E-state index contributed by atoms with van der Waals surface area (Å²) in [5.41, 5.74) is 2.63. The first-order chi connectivity index (χ1) is 9.20. The molecule has 0 aromatic heterocycles. The molecule has 2 aromatic carbocycles. The number of ether oxygens (including phenoxy) is 1. The van der Waals surface area contributed by atoms with E-state index in [0.717, 1.165) is 29.9 Å². The van der Waals surface area contributed by atoms with E-state index < -0.39 is 5.24 Å². The Kier molecular flexibility index (Phi) is 4.58. The van der Waals surface area contributed by atoms with Gasteiger partial charge in [-0.2, -0.15) is 0 Å². The number of benzene rings is 2. The molecule has 2 nitrogen and oxygen atoms in total. The van der Waals surface area contributed by atoms with Gasteiger partial charge in [-0.1, -0.05) is 31.2 Å². The van der Waals surface area contributed by atoms with Crippen molar-refractivity contribution in [1.29, 1.82) is 0 Å². The Balaban J connectivity index is 2.15. The van der Waals surface area contributed by atoms with Gasteiger partial charge in [-0.3, -0.25) is 4.79 Å². The first-order valence-corrected chi connectivity index (χ1v) is 6.61. The molecule has 0 heterocycles. The number of halogens is 1. The van der Waals surface area contributed by atoms with Crippen LogP contribution in [-0.4, -0.2) is 11.8 Å². The monoisotopic (exact) mass is 274 g/mol. The van der Waals surface area contributed by atoms with Crippen LogP contribution < -0.4 is 4.74 Å². The van der Waals surface area contributed by atoms with Crippen LogP contribution in [0.25, 0.3) is 11.1 Å². The third-order valence-corrected chi connectivity index (χ3v) is 2.99. The van der Waals surface area contributed by atoms with Crippen molar-refractivity contribution in [3.8, 4) is 16.9 Å². The second kappa shape index (κ2) is 6.39. The Labute approximate surface area is 118 Å². The molecule has 0 radical (unpaired) electrons. The molecule has 2 aromatic rings. The van der Waals surface area contributed by atoms with Crippen molar-refractivity contribution in [3.05, 3.63) is 54.1 Å². The number of rotatable bonds is 5. The first kappa shape index (κ1) is 13.6. The zero-order valence-electron chi connectivity index (χ0n) is 10.7. The van der Waals surface area contributed by atoms with Crippen LogP contribution in [0.4, 0.5) is 0 Å². The van der Waals surface area contributed by atoms with Gasteiger partial charge < -0.3 is 4.74 Å². The molecule has 0 unspecified atom stereocenters. The fourth-order valence-electron chi connectivity index (χ4n) is 1.76. The first-order valence-electron chi connectivity index (χ1n) is 6.24. The molecular formula is C16H15ClO2. The Morgan fingerprint density at radius 3 is 2.00 bits per heavy atom. The van der Waals surface area contributed by atoms with Gasteiger partial charge in [-0.15, -0.1) is 0 Å². The van der Waals surface area contributed by atoms with Crippen LogP contribution in [-0.2, 0) is 0 Å². The van der Waals surface area contributed by atoms with Gasteiger partial charge in [0.2, 0.25) is 0 Å². The Hall–Kier alpha value is -1.80. The van der Waals surface area contributed by atoms with E-state index in [1.165, 1.54) is 0 Å². The summed E-state index contributed by atoms with van der Waals surface area (Å²) in [5, 5.41) is -0.435. The third kappa shape index (κ3) is 3.58. The van der Waals surface area contributed by atoms with Crippen LogP contribution >= 0.6 is 11.6 Å². The largest absolute Gasteiger partial charge is 0.494 e. The highest BCUT2D eigenvalue weighted by Gasteiger charge is 2.03. The molecule has 19 heavy (non-hydrogen) atoms. The molecule has 0 N–H and O–H groups in total.